The van der Waals surface area contributed by atoms with E-state index in [0.29, 0.717) is 42.3 Å². The van der Waals surface area contributed by atoms with Crippen LogP contribution in [0.1, 0.15) is 59.2 Å². The molecule has 2 amide bonds. The first-order valence-corrected chi connectivity index (χ1v) is 11.1. The molecule has 3 rings (SSSR count). The van der Waals surface area contributed by atoms with Crippen LogP contribution >= 0.6 is 11.3 Å². The SMILES string of the molecule is CC(C)C(C)N(Cc1ccc(C(=O)N2CCC[C@@H]2C(=O)O)cc1)C(=O)c1cccs1. The zero-order valence-corrected chi connectivity index (χ0v) is 18.4. The van der Waals surface area contributed by atoms with Crippen molar-refractivity contribution in [1.29, 1.82) is 0 Å². The van der Waals surface area contributed by atoms with E-state index in [-0.39, 0.29) is 17.9 Å². The zero-order valence-electron chi connectivity index (χ0n) is 17.6. The second kappa shape index (κ2) is 9.43. The maximum Gasteiger partial charge on any atom is 0.326 e. The van der Waals surface area contributed by atoms with Crippen molar-refractivity contribution in [3.05, 3.63) is 57.8 Å². The fourth-order valence-corrected chi connectivity index (χ4v) is 4.36. The van der Waals surface area contributed by atoms with Gasteiger partial charge < -0.3 is 14.9 Å². The fraction of sp³-hybridized carbons (Fsp3) is 0.435. The number of carbonyl (C=O) groups excluding carboxylic acids is 2. The third kappa shape index (κ3) is 4.73. The summed E-state index contributed by atoms with van der Waals surface area (Å²) in [6.07, 6.45) is 1.19. The van der Waals surface area contributed by atoms with Crippen LogP contribution in [0.4, 0.5) is 0 Å². The molecule has 0 bridgehead atoms. The summed E-state index contributed by atoms with van der Waals surface area (Å²) in [5, 5.41) is 11.2. The number of nitrogens with zero attached hydrogens (tertiary/aromatic N) is 2. The van der Waals surface area contributed by atoms with Gasteiger partial charge in [-0.3, -0.25) is 9.59 Å². The van der Waals surface area contributed by atoms with E-state index in [1.807, 2.05) is 41.5 Å². The van der Waals surface area contributed by atoms with Gasteiger partial charge in [0.2, 0.25) is 0 Å². The van der Waals surface area contributed by atoms with Crippen LogP contribution in [0.5, 0.6) is 0 Å². The molecule has 0 radical (unpaired) electrons. The first kappa shape index (κ1) is 22.0. The number of aliphatic carboxylic acids is 1. The van der Waals surface area contributed by atoms with E-state index in [0.717, 1.165) is 5.56 Å². The molecule has 7 heteroatoms. The molecule has 0 aliphatic carbocycles. The van der Waals surface area contributed by atoms with Crippen LogP contribution in [0.2, 0.25) is 0 Å². The van der Waals surface area contributed by atoms with Crippen molar-refractivity contribution in [1.82, 2.24) is 9.80 Å². The average Bonchev–Trinajstić information content (AvgIpc) is 3.43. The maximum atomic E-state index is 13.0. The Morgan fingerprint density at radius 2 is 1.87 bits per heavy atom. The molecular weight excluding hydrogens is 400 g/mol. The number of hydrogen-bond donors (Lipinski definition) is 1. The highest BCUT2D eigenvalue weighted by atomic mass is 32.1. The number of hydrogen-bond acceptors (Lipinski definition) is 4. The van der Waals surface area contributed by atoms with Gasteiger partial charge >= 0.3 is 5.97 Å². The van der Waals surface area contributed by atoms with Crippen LogP contribution in [0.3, 0.4) is 0 Å². The first-order chi connectivity index (χ1) is 14.3. The number of rotatable bonds is 7. The summed E-state index contributed by atoms with van der Waals surface area (Å²) in [7, 11) is 0. The van der Waals surface area contributed by atoms with Crippen molar-refractivity contribution < 1.29 is 19.5 Å². The summed E-state index contributed by atoms with van der Waals surface area (Å²) in [4.78, 5) is 41.2. The smallest absolute Gasteiger partial charge is 0.326 e. The summed E-state index contributed by atoms with van der Waals surface area (Å²) < 4.78 is 0. The molecule has 30 heavy (non-hydrogen) atoms. The van der Waals surface area contributed by atoms with Crippen LogP contribution in [-0.4, -0.2) is 51.3 Å². The molecule has 1 unspecified atom stereocenters. The minimum Gasteiger partial charge on any atom is -0.480 e. The van der Waals surface area contributed by atoms with Gasteiger partial charge in [0.05, 0.1) is 4.88 Å². The highest BCUT2D eigenvalue weighted by Gasteiger charge is 2.34. The van der Waals surface area contributed by atoms with Crippen molar-refractivity contribution in [3.63, 3.8) is 0 Å². The average molecular weight is 429 g/mol. The van der Waals surface area contributed by atoms with Crippen molar-refractivity contribution in [2.24, 2.45) is 5.92 Å². The molecule has 0 saturated carbocycles. The Kier molecular flexibility index (Phi) is 6.92. The summed E-state index contributed by atoms with van der Waals surface area (Å²) in [6, 6.07) is 10.2. The first-order valence-electron chi connectivity index (χ1n) is 10.3. The highest BCUT2D eigenvalue weighted by Crippen LogP contribution is 2.23. The fourth-order valence-electron chi connectivity index (χ4n) is 3.68. The molecule has 1 fully saturated rings. The third-order valence-electron chi connectivity index (χ3n) is 5.80. The molecular formula is C23H28N2O4S. The quantitative estimate of drug-likeness (QED) is 0.719. The summed E-state index contributed by atoms with van der Waals surface area (Å²) >= 11 is 1.43. The Labute approximate surface area is 181 Å². The van der Waals surface area contributed by atoms with Gasteiger partial charge in [0.1, 0.15) is 6.04 Å². The van der Waals surface area contributed by atoms with Crippen molar-refractivity contribution in [2.45, 2.75) is 52.2 Å². The topological polar surface area (TPSA) is 77.9 Å². The molecule has 2 heterocycles. The van der Waals surface area contributed by atoms with E-state index in [1.54, 1.807) is 12.1 Å². The molecule has 1 N–H and O–H groups in total. The summed E-state index contributed by atoms with van der Waals surface area (Å²) in [5.74, 6) is -0.901. The standard InChI is InChI=1S/C23H28N2O4S/c1-15(2)16(3)25(22(27)20-7-5-13-30-20)14-17-8-10-18(11-9-17)21(26)24-12-4-6-19(24)23(28)29/h5,7-11,13,15-16,19H,4,6,12,14H2,1-3H3,(H,28,29)/t16?,19-/m1/s1. The monoisotopic (exact) mass is 428 g/mol. The Bertz CT molecular complexity index is 892. The van der Waals surface area contributed by atoms with Crippen LogP contribution in [0, 0.1) is 5.92 Å². The van der Waals surface area contributed by atoms with E-state index >= 15 is 0 Å². The predicted molar refractivity (Wildman–Crippen MR) is 117 cm³/mol. The molecule has 1 aliphatic rings. The highest BCUT2D eigenvalue weighted by molar-refractivity contribution is 7.12. The molecule has 0 spiro atoms. The van der Waals surface area contributed by atoms with Crippen LogP contribution in [0.15, 0.2) is 41.8 Å². The Hall–Kier alpha value is -2.67. The normalized spacial score (nSPS) is 17.2. The minimum absolute atomic E-state index is 0.00715. The second-order valence-electron chi connectivity index (χ2n) is 8.09. The molecule has 6 nitrogen and oxygen atoms in total. The van der Waals surface area contributed by atoms with Crippen molar-refractivity contribution >= 4 is 29.1 Å². The van der Waals surface area contributed by atoms with Gasteiger partial charge in [0.25, 0.3) is 11.8 Å². The molecule has 1 saturated heterocycles. The zero-order chi connectivity index (χ0) is 21.8. The van der Waals surface area contributed by atoms with Gasteiger partial charge in [-0.1, -0.05) is 32.0 Å². The number of likely N-dealkylation sites (tertiary alicyclic amines) is 1. The van der Waals surface area contributed by atoms with E-state index in [1.165, 1.54) is 16.2 Å². The molecule has 160 valence electrons. The van der Waals surface area contributed by atoms with Gasteiger partial charge in [0, 0.05) is 24.7 Å². The lowest BCUT2D eigenvalue weighted by molar-refractivity contribution is -0.141. The number of carboxylic acids is 1. The van der Waals surface area contributed by atoms with E-state index in [2.05, 4.69) is 13.8 Å². The van der Waals surface area contributed by atoms with Crippen molar-refractivity contribution in [3.8, 4) is 0 Å². The number of thiophene rings is 1. The lowest BCUT2D eigenvalue weighted by Crippen LogP contribution is -2.41. The summed E-state index contributed by atoms with van der Waals surface area (Å²) in [6.45, 7) is 7.15. The Morgan fingerprint density at radius 3 is 2.43 bits per heavy atom. The van der Waals surface area contributed by atoms with Crippen molar-refractivity contribution in [2.75, 3.05) is 6.54 Å². The molecule has 2 aromatic rings. The maximum absolute atomic E-state index is 13.0. The predicted octanol–water partition coefficient (Wildman–Crippen LogP) is 4.12. The lowest BCUT2D eigenvalue weighted by atomic mass is 10.0. The van der Waals surface area contributed by atoms with Crippen LogP contribution in [-0.2, 0) is 11.3 Å². The minimum atomic E-state index is -0.956. The van der Waals surface area contributed by atoms with Gasteiger partial charge in [-0.05, 0) is 54.8 Å². The van der Waals surface area contributed by atoms with Gasteiger partial charge in [-0.2, -0.15) is 0 Å². The van der Waals surface area contributed by atoms with Gasteiger partial charge in [-0.25, -0.2) is 4.79 Å². The number of benzene rings is 1. The molecule has 1 aromatic carbocycles. The number of amides is 2. The van der Waals surface area contributed by atoms with Gasteiger partial charge in [0.15, 0.2) is 0 Å². The van der Waals surface area contributed by atoms with E-state index in [4.69, 9.17) is 0 Å². The Morgan fingerprint density at radius 1 is 1.17 bits per heavy atom. The van der Waals surface area contributed by atoms with E-state index in [9.17, 15) is 19.5 Å². The van der Waals surface area contributed by atoms with Gasteiger partial charge in [-0.15, -0.1) is 11.3 Å². The number of carboxylic acid groups (broad SMARTS) is 1. The van der Waals surface area contributed by atoms with Crippen LogP contribution < -0.4 is 0 Å². The lowest BCUT2D eigenvalue weighted by Gasteiger charge is -2.32. The number of carbonyl (C=O) groups is 3. The largest absolute Gasteiger partial charge is 0.480 e. The third-order valence-corrected chi connectivity index (χ3v) is 6.66. The summed E-state index contributed by atoms with van der Waals surface area (Å²) in [5.41, 5.74) is 1.40. The second-order valence-corrected chi connectivity index (χ2v) is 9.03. The molecule has 2 atom stereocenters. The molecule has 1 aromatic heterocycles. The Balaban J connectivity index is 1.76. The van der Waals surface area contributed by atoms with Crippen LogP contribution in [0.25, 0.3) is 0 Å². The molecule has 1 aliphatic heterocycles. The van der Waals surface area contributed by atoms with E-state index < -0.39 is 12.0 Å².